The fourth-order valence-electron chi connectivity index (χ4n) is 5.17. The second-order valence-corrected chi connectivity index (χ2v) is 12.8. The van der Waals surface area contributed by atoms with E-state index < -0.39 is 11.6 Å². The van der Waals surface area contributed by atoms with Crippen LogP contribution < -0.4 is 5.32 Å². The largest absolute Gasteiger partial charge is 0.456 e. The van der Waals surface area contributed by atoms with E-state index in [1.807, 2.05) is 64.2 Å². The van der Waals surface area contributed by atoms with E-state index >= 15 is 0 Å². The molecule has 45 heavy (non-hydrogen) atoms. The van der Waals surface area contributed by atoms with Crippen LogP contribution >= 0.6 is 0 Å². The molecule has 1 fully saturated rings. The topological polar surface area (TPSA) is 73.2 Å². The lowest BCUT2D eigenvalue weighted by Gasteiger charge is -2.21. The van der Waals surface area contributed by atoms with Crippen LogP contribution in [0.1, 0.15) is 86.8 Å². The van der Waals surface area contributed by atoms with Crippen LogP contribution in [0.4, 0.5) is 0 Å². The molecule has 1 aliphatic carbocycles. The number of carbonyl (C=O) groups is 2. The lowest BCUT2D eigenvalue weighted by Crippen LogP contribution is -2.27. The first kappa shape index (κ1) is 33.2. The van der Waals surface area contributed by atoms with Gasteiger partial charge in [0.05, 0.1) is 17.3 Å². The van der Waals surface area contributed by atoms with Crippen molar-refractivity contribution >= 4 is 22.8 Å². The summed E-state index contributed by atoms with van der Waals surface area (Å²) in [4.78, 5) is 30.6. The Kier molecular flexibility index (Phi) is 9.97. The molecule has 0 spiro atoms. The highest BCUT2D eigenvalue weighted by Gasteiger charge is 2.24. The number of carbonyl (C=O) groups excluding carboxylic acids is 2. The molecule has 0 saturated heterocycles. The minimum absolute atomic E-state index is 0. The number of nitrogens with zero attached hydrogens (tertiary/aromatic N) is 2. The summed E-state index contributed by atoms with van der Waals surface area (Å²) < 4.78 is 7.72. The summed E-state index contributed by atoms with van der Waals surface area (Å²) in [6, 6.07) is 9.73. The van der Waals surface area contributed by atoms with Gasteiger partial charge in [-0.1, -0.05) is 50.6 Å². The Labute approximate surface area is 269 Å². The van der Waals surface area contributed by atoms with Crippen molar-refractivity contribution in [1.82, 2.24) is 14.9 Å². The first-order valence-electron chi connectivity index (χ1n) is 15.4. The van der Waals surface area contributed by atoms with E-state index in [0.717, 1.165) is 33.4 Å². The molecule has 6 nitrogen and oxygen atoms in total. The first-order chi connectivity index (χ1) is 21.2. The minimum Gasteiger partial charge on any atom is -0.456 e. The number of fused-ring (bicyclic) bond motifs is 1. The van der Waals surface area contributed by atoms with E-state index in [2.05, 4.69) is 61.1 Å². The van der Waals surface area contributed by atoms with Crippen molar-refractivity contribution in [2.24, 2.45) is 0 Å². The van der Waals surface area contributed by atoms with Gasteiger partial charge in [-0.3, -0.25) is 9.78 Å². The van der Waals surface area contributed by atoms with Gasteiger partial charge in [0.1, 0.15) is 5.60 Å². The van der Waals surface area contributed by atoms with Crippen LogP contribution in [0.2, 0.25) is 0 Å². The van der Waals surface area contributed by atoms with E-state index in [1.165, 1.54) is 24.5 Å². The number of aryl methyl sites for hydroxylation is 1. The van der Waals surface area contributed by atoms with Gasteiger partial charge in [0.25, 0.3) is 5.91 Å². The van der Waals surface area contributed by atoms with Crippen molar-refractivity contribution in [3.05, 3.63) is 138 Å². The highest BCUT2D eigenvalue weighted by Crippen LogP contribution is 2.39. The van der Waals surface area contributed by atoms with Crippen LogP contribution in [-0.4, -0.2) is 27.0 Å². The standard InChI is InChI=1S/C39H45N3O3.H2/c1-11-12-33(38(44)45-39(8,9)10)26(4)25(3)14-13-24(2)23-42-29(7)27(5)34-21-31(18-20-36(34)42)37(43)41-28(6)35-19-17-32(22-40-35)30-15-16-30;/h11-14,17-22,28,30H,1-4,15-16,23H2,5-10H3,(H,41,43);1H/b14-13-,33-12+;/t28-;/m0./s1. The number of hydrogen-bond donors (Lipinski definition) is 1. The van der Waals surface area contributed by atoms with Gasteiger partial charge in [-0.15, -0.1) is 0 Å². The molecule has 1 amide bonds. The molecule has 6 heteroatoms. The molecule has 4 rings (SSSR count). The Morgan fingerprint density at radius 3 is 2.44 bits per heavy atom. The summed E-state index contributed by atoms with van der Waals surface area (Å²) in [6.07, 6.45) is 11.2. The van der Waals surface area contributed by atoms with E-state index in [1.54, 1.807) is 12.2 Å². The number of aromatic nitrogens is 2. The maximum Gasteiger partial charge on any atom is 0.339 e. The third-order valence-corrected chi connectivity index (χ3v) is 8.05. The monoisotopic (exact) mass is 605 g/mol. The molecule has 1 atom stereocenters. The average molecular weight is 606 g/mol. The number of ether oxygens (including phenoxy) is 1. The van der Waals surface area contributed by atoms with E-state index in [4.69, 9.17) is 4.74 Å². The molecule has 1 aliphatic rings. The summed E-state index contributed by atoms with van der Waals surface area (Å²) >= 11 is 0. The summed E-state index contributed by atoms with van der Waals surface area (Å²) in [5.74, 6) is 0.0377. The number of amides is 1. The summed E-state index contributed by atoms with van der Waals surface area (Å²) in [5.41, 5.74) is 7.48. The van der Waals surface area contributed by atoms with Gasteiger partial charge in [0, 0.05) is 36.3 Å². The number of nitrogens with one attached hydrogen (secondary N) is 1. The Hall–Kier alpha value is -4.71. The number of esters is 1. The molecule has 0 unspecified atom stereocenters. The molecule has 1 N–H and O–H groups in total. The zero-order valence-corrected chi connectivity index (χ0v) is 27.5. The van der Waals surface area contributed by atoms with Gasteiger partial charge in [0.2, 0.25) is 0 Å². The van der Waals surface area contributed by atoms with Crippen LogP contribution in [0.15, 0.2) is 109 Å². The minimum atomic E-state index is -0.638. The van der Waals surface area contributed by atoms with Crippen molar-refractivity contribution < 1.29 is 15.8 Å². The Morgan fingerprint density at radius 1 is 1.13 bits per heavy atom. The van der Waals surface area contributed by atoms with Crippen molar-refractivity contribution in [3.63, 3.8) is 0 Å². The molecule has 2 heterocycles. The quantitative estimate of drug-likeness (QED) is 0.127. The zero-order valence-electron chi connectivity index (χ0n) is 27.5. The molecule has 0 bridgehead atoms. The van der Waals surface area contributed by atoms with Gasteiger partial charge in [0.15, 0.2) is 0 Å². The Bertz CT molecular complexity index is 1750. The number of rotatable bonds is 12. The molecule has 0 aliphatic heterocycles. The molecular formula is C39H47N3O3. The summed E-state index contributed by atoms with van der Waals surface area (Å²) in [7, 11) is 0. The number of hydrogen-bond acceptors (Lipinski definition) is 4. The van der Waals surface area contributed by atoms with Crippen molar-refractivity contribution in [2.75, 3.05) is 0 Å². The molecule has 1 saturated carbocycles. The molecular weight excluding hydrogens is 558 g/mol. The highest BCUT2D eigenvalue weighted by atomic mass is 16.6. The third-order valence-electron chi connectivity index (χ3n) is 8.05. The van der Waals surface area contributed by atoms with Crippen LogP contribution in [-0.2, 0) is 16.1 Å². The van der Waals surface area contributed by atoms with Crippen molar-refractivity contribution in [3.8, 4) is 0 Å². The highest BCUT2D eigenvalue weighted by molar-refractivity contribution is 5.99. The molecule has 1 aromatic carbocycles. The van der Waals surface area contributed by atoms with Crippen LogP contribution in [0.3, 0.4) is 0 Å². The van der Waals surface area contributed by atoms with Gasteiger partial charge >= 0.3 is 5.97 Å². The Balaban J connectivity index is 0.00000576. The van der Waals surface area contributed by atoms with E-state index in [9.17, 15) is 9.59 Å². The van der Waals surface area contributed by atoms with Gasteiger partial charge in [-0.25, -0.2) is 4.79 Å². The maximum absolute atomic E-state index is 13.2. The molecule has 0 radical (unpaired) electrons. The van der Waals surface area contributed by atoms with Crippen molar-refractivity contribution in [1.29, 1.82) is 0 Å². The smallest absolute Gasteiger partial charge is 0.339 e. The van der Waals surface area contributed by atoms with Crippen LogP contribution in [0, 0.1) is 13.8 Å². The predicted molar refractivity (Wildman–Crippen MR) is 186 cm³/mol. The summed E-state index contributed by atoms with van der Waals surface area (Å²) in [6.45, 7) is 28.2. The number of benzene rings is 1. The molecule has 3 aromatic rings. The van der Waals surface area contributed by atoms with Gasteiger partial charge in [-0.2, -0.15) is 0 Å². The average Bonchev–Trinajstić information content (AvgIpc) is 3.82. The second-order valence-electron chi connectivity index (χ2n) is 12.8. The first-order valence-corrected chi connectivity index (χ1v) is 15.4. The van der Waals surface area contributed by atoms with Crippen LogP contribution in [0.5, 0.6) is 0 Å². The van der Waals surface area contributed by atoms with Gasteiger partial charge in [-0.05, 0) is 118 Å². The van der Waals surface area contributed by atoms with Crippen molar-refractivity contribution in [2.45, 2.75) is 78.5 Å². The maximum atomic E-state index is 13.2. The predicted octanol–water partition coefficient (Wildman–Crippen LogP) is 8.95. The number of allylic oxidation sites excluding steroid dienone is 6. The molecule has 2 aromatic heterocycles. The summed E-state index contributed by atoms with van der Waals surface area (Å²) in [5, 5.41) is 4.12. The van der Waals surface area contributed by atoms with E-state index in [0.29, 0.717) is 34.7 Å². The molecule has 236 valence electrons. The Morgan fingerprint density at radius 2 is 1.84 bits per heavy atom. The van der Waals surface area contributed by atoms with Crippen LogP contribution in [0.25, 0.3) is 10.9 Å². The third kappa shape index (κ3) is 8.07. The fraction of sp³-hybridized carbons (Fsp3) is 0.308. The van der Waals surface area contributed by atoms with Gasteiger partial charge < -0.3 is 14.6 Å². The fourth-order valence-corrected chi connectivity index (χ4v) is 5.17. The lowest BCUT2D eigenvalue weighted by atomic mass is 9.99. The normalized spacial score (nSPS) is 14.3. The lowest BCUT2D eigenvalue weighted by molar-refractivity contribution is -0.149. The zero-order chi connectivity index (χ0) is 33.1. The second kappa shape index (κ2) is 13.5. The van der Waals surface area contributed by atoms with E-state index in [-0.39, 0.29) is 13.4 Å². The SMILES string of the molecule is C=C/C=C(\C(=C)C(=C)/C=C\C(=C)Cn1c(C)c(C)c2cc(C(=O)N[C@@H](C)c3ccc(C4CC4)cn3)ccc21)C(=O)OC(C)(C)C.[HH]. The number of pyridine rings is 1.